The summed E-state index contributed by atoms with van der Waals surface area (Å²) >= 11 is 0. The number of esters is 1. The van der Waals surface area contributed by atoms with Gasteiger partial charge in [-0.05, 0) is 26.0 Å². The van der Waals surface area contributed by atoms with Gasteiger partial charge in [-0.2, -0.15) is 5.10 Å². The number of aromatic nitrogens is 3. The number of nitro groups is 1. The lowest BCUT2D eigenvalue weighted by Gasteiger charge is -2.05. The monoisotopic (exact) mass is 290 g/mol. The predicted molar refractivity (Wildman–Crippen MR) is 72.4 cm³/mol. The van der Waals surface area contributed by atoms with Gasteiger partial charge in [0.05, 0.1) is 10.6 Å². The van der Waals surface area contributed by atoms with Gasteiger partial charge in [0.15, 0.2) is 0 Å². The van der Waals surface area contributed by atoms with Crippen molar-refractivity contribution in [3.05, 3.63) is 51.6 Å². The Kier molecular flexibility index (Phi) is 4.27. The molecule has 0 bridgehead atoms. The predicted octanol–water partition coefficient (Wildman–Crippen LogP) is 1.55. The molecule has 0 N–H and O–H groups in total. The standard InChI is InChI=1S/C13H14N4O4/c1-9-13(17(19)20)10(2)16(15-9)7-12(18)21-8-11-5-3-4-6-14-11/h3-6H,7-8H2,1-2H3. The van der Waals surface area contributed by atoms with E-state index in [9.17, 15) is 14.9 Å². The molecule has 2 aromatic rings. The maximum Gasteiger partial charge on any atom is 0.328 e. The highest BCUT2D eigenvalue weighted by Gasteiger charge is 2.23. The third kappa shape index (κ3) is 3.41. The lowest BCUT2D eigenvalue weighted by Crippen LogP contribution is -2.16. The van der Waals surface area contributed by atoms with Gasteiger partial charge in [0.25, 0.3) is 0 Å². The van der Waals surface area contributed by atoms with E-state index in [4.69, 9.17) is 4.74 Å². The van der Waals surface area contributed by atoms with Crippen molar-refractivity contribution in [1.82, 2.24) is 14.8 Å². The summed E-state index contributed by atoms with van der Waals surface area (Å²) < 4.78 is 6.34. The van der Waals surface area contributed by atoms with Crippen molar-refractivity contribution in [1.29, 1.82) is 0 Å². The maximum absolute atomic E-state index is 11.7. The van der Waals surface area contributed by atoms with Gasteiger partial charge in [-0.3, -0.25) is 24.6 Å². The number of nitrogens with zero attached hydrogens (tertiary/aromatic N) is 4. The lowest BCUT2D eigenvalue weighted by atomic mass is 10.3. The van der Waals surface area contributed by atoms with Crippen LogP contribution in [0.25, 0.3) is 0 Å². The molecule has 0 spiro atoms. The second kappa shape index (κ2) is 6.12. The summed E-state index contributed by atoms with van der Waals surface area (Å²) in [7, 11) is 0. The van der Waals surface area contributed by atoms with E-state index in [0.29, 0.717) is 11.4 Å². The molecule has 0 saturated carbocycles. The zero-order chi connectivity index (χ0) is 15.4. The van der Waals surface area contributed by atoms with Crippen molar-refractivity contribution in [2.75, 3.05) is 0 Å². The molecule has 0 amide bonds. The van der Waals surface area contributed by atoms with E-state index in [1.54, 1.807) is 31.3 Å². The van der Waals surface area contributed by atoms with Crippen molar-refractivity contribution in [2.45, 2.75) is 27.0 Å². The van der Waals surface area contributed by atoms with Crippen molar-refractivity contribution in [2.24, 2.45) is 0 Å². The van der Waals surface area contributed by atoms with Crippen LogP contribution in [-0.2, 0) is 22.7 Å². The van der Waals surface area contributed by atoms with E-state index in [1.165, 1.54) is 11.6 Å². The fourth-order valence-corrected chi connectivity index (χ4v) is 1.91. The number of ether oxygens (including phenoxy) is 1. The van der Waals surface area contributed by atoms with Crippen LogP contribution in [-0.4, -0.2) is 25.7 Å². The maximum atomic E-state index is 11.7. The molecule has 8 heteroatoms. The van der Waals surface area contributed by atoms with E-state index in [2.05, 4.69) is 10.1 Å². The molecule has 0 aliphatic rings. The highest BCUT2D eigenvalue weighted by molar-refractivity contribution is 5.69. The van der Waals surface area contributed by atoms with Gasteiger partial charge in [0.1, 0.15) is 24.5 Å². The summed E-state index contributed by atoms with van der Waals surface area (Å²) in [5.74, 6) is -0.527. The first-order chi connectivity index (χ1) is 9.99. The molecule has 0 aliphatic heterocycles. The van der Waals surface area contributed by atoms with Gasteiger partial charge in [-0.1, -0.05) is 6.07 Å². The molecular weight excluding hydrogens is 276 g/mol. The molecule has 8 nitrogen and oxygen atoms in total. The number of hydrogen-bond acceptors (Lipinski definition) is 6. The first-order valence-corrected chi connectivity index (χ1v) is 6.23. The summed E-state index contributed by atoms with van der Waals surface area (Å²) in [6.07, 6.45) is 1.60. The van der Waals surface area contributed by atoms with Crippen molar-refractivity contribution in [3.8, 4) is 0 Å². The third-order valence-corrected chi connectivity index (χ3v) is 2.91. The van der Waals surface area contributed by atoms with Crippen molar-refractivity contribution >= 4 is 11.7 Å². The number of pyridine rings is 1. The Morgan fingerprint density at radius 2 is 2.19 bits per heavy atom. The fraction of sp³-hybridized carbons (Fsp3) is 0.308. The zero-order valence-electron chi connectivity index (χ0n) is 11.6. The van der Waals surface area contributed by atoms with Crippen LogP contribution < -0.4 is 0 Å². The molecule has 0 unspecified atom stereocenters. The highest BCUT2D eigenvalue weighted by Crippen LogP contribution is 2.21. The molecule has 2 heterocycles. The fourth-order valence-electron chi connectivity index (χ4n) is 1.91. The van der Waals surface area contributed by atoms with Gasteiger partial charge >= 0.3 is 11.7 Å². The van der Waals surface area contributed by atoms with Crippen LogP contribution in [0.2, 0.25) is 0 Å². The van der Waals surface area contributed by atoms with Crippen LogP contribution in [0.4, 0.5) is 5.69 Å². The average Bonchev–Trinajstić information content (AvgIpc) is 2.72. The van der Waals surface area contributed by atoms with Gasteiger partial charge in [-0.25, -0.2) is 0 Å². The largest absolute Gasteiger partial charge is 0.458 e. The minimum absolute atomic E-state index is 0.0566. The number of hydrogen-bond donors (Lipinski definition) is 0. The molecular formula is C13H14N4O4. The summed E-state index contributed by atoms with van der Waals surface area (Å²) in [5, 5.41) is 14.9. The molecule has 0 aliphatic carbocycles. The Morgan fingerprint density at radius 1 is 1.43 bits per heavy atom. The third-order valence-electron chi connectivity index (χ3n) is 2.91. The molecule has 2 aromatic heterocycles. The number of rotatable bonds is 5. The van der Waals surface area contributed by atoms with E-state index in [-0.39, 0.29) is 24.5 Å². The number of carbonyl (C=O) groups excluding carboxylic acids is 1. The van der Waals surface area contributed by atoms with Gasteiger partial charge in [0, 0.05) is 6.20 Å². The smallest absolute Gasteiger partial charge is 0.328 e. The van der Waals surface area contributed by atoms with E-state index in [1.807, 2.05) is 0 Å². The van der Waals surface area contributed by atoms with Crippen LogP contribution in [0, 0.1) is 24.0 Å². The summed E-state index contributed by atoms with van der Waals surface area (Å²) in [6, 6.07) is 5.29. The van der Waals surface area contributed by atoms with Crippen LogP contribution in [0.15, 0.2) is 24.4 Å². The van der Waals surface area contributed by atoms with E-state index < -0.39 is 10.9 Å². The minimum atomic E-state index is -0.527. The Hall–Kier alpha value is -2.77. The van der Waals surface area contributed by atoms with E-state index in [0.717, 1.165) is 0 Å². The summed E-state index contributed by atoms with van der Waals surface area (Å²) in [4.78, 5) is 26.1. The molecule has 0 radical (unpaired) electrons. The van der Waals surface area contributed by atoms with Crippen LogP contribution in [0.3, 0.4) is 0 Å². The Labute approximate surface area is 120 Å². The first-order valence-electron chi connectivity index (χ1n) is 6.23. The second-order valence-electron chi connectivity index (χ2n) is 4.42. The average molecular weight is 290 g/mol. The molecule has 0 atom stereocenters. The molecule has 110 valence electrons. The molecule has 0 fully saturated rings. The van der Waals surface area contributed by atoms with Gasteiger partial charge in [0.2, 0.25) is 0 Å². The first kappa shape index (κ1) is 14.6. The minimum Gasteiger partial charge on any atom is -0.458 e. The molecule has 0 aromatic carbocycles. The molecule has 0 saturated heterocycles. The van der Waals surface area contributed by atoms with Crippen LogP contribution >= 0.6 is 0 Å². The lowest BCUT2D eigenvalue weighted by molar-refractivity contribution is -0.386. The van der Waals surface area contributed by atoms with Crippen LogP contribution in [0.5, 0.6) is 0 Å². The normalized spacial score (nSPS) is 10.4. The second-order valence-corrected chi connectivity index (χ2v) is 4.42. The molecule has 21 heavy (non-hydrogen) atoms. The molecule has 2 rings (SSSR count). The summed E-state index contributed by atoms with van der Waals surface area (Å²) in [6.45, 7) is 2.96. The Bertz CT molecular complexity index is 666. The Morgan fingerprint density at radius 3 is 2.76 bits per heavy atom. The number of aryl methyl sites for hydroxylation is 1. The van der Waals surface area contributed by atoms with Crippen molar-refractivity contribution < 1.29 is 14.5 Å². The summed E-state index contributed by atoms with van der Waals surface area (Å²) in [5.41, 5.74) is 1.15. The number of carbonyl (C=O) groups is 1. The highest BCUT2D eigenvalue weighted by atomic mass is 16.6. The SMILES string of the molecule is Cc1nn(CC(=O)OCc2ccccn2)c(C)c1[N+](=O)[O-]. The zero-order valence-corrected chi connectivity index (χ0v) is 11.6. The van der Waals surface area contributed by atoms with Gasteiger partial charge in [-0.15, -0.1) is 0 Å². The quantitative estimate of drug-likeness (QED) is 0.470. The van der Waals surface area contributed by atoms with E-state index >= 15 is 0 Å². The topological polar surface area (TPSA) is 100 Å². The Balaban J connectivity index is 2.00. The van der Waals surface area contributed by atoms with Crippen LogP contribution in [0.1, 0.15) is 17.1 Å². The van der Waals surface area contributed by atoms with Gasteiger partial charge < -0.3 is 4.74 Å². The van der Waals surface area contributed by atoms with Crippen molar-refractivity contribution in [3.63, 3.8) is 0 Å².